The first-order valence-electron chi connectivity index (χ1n) is 9.28. The summed E-state index contributed by atoms with van der Waals surface area (Å²) >= 11 is 0. The van der Waals surface area contributed by atoms with Gasteiger partial charge in [-0.3, -0.25) is 9.69 Å². The molecule has 0 spiro atoms. The van der Waals surface area contributed by atoms with Crippen LogP contribution in [-0.4, -0.2) is 30.4 Å². The van der Waals surface area contributed by atoms with Crippen molar-refractivity contribution in [1.29, 1.82) is 0 Å². The fourth-order valence-electron chi connectivity index (χ4n) is 3.77. The molecule has 3 aromatic rings. The first kappa shape index (κ1) is 16.9. The Bertz CT molecular complexity index is 898. The number of fused-ring (bicyclic) bond motifs is 2. The molecule has 1 aliphatic rings. The van der Waals surface area contributed by atoms with Gasteiger partial charge < -0.3 is 9.32 Å². The summed E-state index contributed by atoms with van der Waals surface area (Å²) < 4.78 is 6.01. The standard InChI is InChI=1S/C22H24N2O2/c1-3-23(16(2)21-14-18-9-5-7-11-20(18)26-21)15-22(25)24-13-12-17-8-4-6-10-19(17)24/h4-11,14,16H,3,12-13,15H2,1-2H3. The van der Waals surface area contributed by atoms with Gasteiger partial charge in [-0.2, -0.15) is 0 Å². The highest BCUT2D eigenvalue weighted by Crippen LogP contribution is 2.30. The van der Waals surface area contributed by atoms with Crippen LogP contribution < -0.4 is 4.90 Å². The van der Waals surface area contributed by atoms with Gasteiger partial charge in [0.05, 0.1) is 12.6 Å². The summed E-state index contributed by atoms with van der Waals surface area (Å²) in [7, 11) is 0. The van der Waals surface area contributed by atoms with Gasteiger partial charge in [-0.1, -0.05) is 43.3 Å². The molecule has 1 aliphatic heterocycles. The second kappa shape index (κ2) is 6.96. The molecule has 1 aromatic heterocycles. The number of furan rings is 1. The number of para-hydroxylation sites is 2. The molecule has 2 heterocycles. The third-order valence-electron chi connectivity index (χ3n) is 5.34. The highest BCUT2D eigenvalue weighted by Gasteiger charge is 2.27. The Hall–Kier alpha value is -2.59. The number of carbonyl (C=O) groups excluding carboxylic acids is 1. The Morgan fingerprint density at radius 1 is 1.19 bits per heavy atom. The lowest BCUT2D eigenvalue weighted by atomic mass is 10.2. The van der Waals surface area contributed by atoms with E-state index in [0.717, 1.165) is 41.9 Å². The fourth-order valence-corrected chi connectivity index (χ4v) is 3.77. The lowest BCUT2D eigenvalue weighted by Crippen LogP contribution is -2.40. The first-order valence-corrected chi connectivity index (χ1v) is 9.28. The minimum atomic E-state index is 0.0502. The van der Waals surface area contributed by atoms with E-state index in [0.29, 0.717) is 6.54 Å². The highest BCUT2D eigenvalue weighted by atomic mass is 16.3. The second-order valence-corrected chi connectivity index (χ2v) is 6.85. The molecule has 2 aromatic carbocycles. The van der Waals surface area contributed by atoms with Crippen molar-refractivity contribution in [2.45, 2.75) is 26.3 Å². The number of hydrogen-bond acceptors (Lipinski definition) is 3. The molecular formula is C22H24N2O2. The minimum absolute atomic E-state index is 0.0502. The number of amides is 1. The van der Waals surface area contributed by atoms with Gasteiger partial charge in [0.25, 0.3) is 0 Å². The number of hydrogen-bond donors (Lipinski definition) is 0. The van der Waals surface area contributed by atoms with E-state index in [4.69, 9.17) is 4.42 Å². The summed E-state index contributed by atoms with van der Waals surface area (Å²) in [6, 6.07) is 18.3. The molecule has 1 atom stereocenters. The van der Waals surface area contributed by atoms with Crippen molar-refractivity contribution in [3.05, 3.63) is 65.9 Å². The van der Waals surface area contributed by atoms with Gasteiger partial charge in [0.2, 0.25) is 5.91 Å². The van der Waals surface area contributed by atoms with E-state index in [1.165, 1.54) is 5.56 Å². The number of rotatable bonds is 5. The third-order valence-corrected chi connectivity index (χ3v) is 5.34. The van der Waals surface area contributed by atoms with Crippen LogP contribution in [0.15, 0.2) is 59.0 Å². The molecule has 1 amide bonds. The van der Waals surface area contributed by atoms with E-state index in [1.807, 2.05) is 41.3 Å². The smallest absolute Gasteiger partial charge is 0.241 e. The molecule has 0 saturated heterocycles. The number of benzene rings is 2. The SMILES string of the molecule is CCN(CC(=O)N1CCc2ccccc21)C(C)c1cc2ccccc2o1. The van der Waals surface area contributed by atoms with E-state index in [2.05, 4.69) is 36.9 Å². The van der Waals surface area contributed by atoms with E-state index in [-0.39, 0.29) is 11.9 Å². The lowest BCUT2D eigenvalue weighted by Gasteiger charge is -2.28. The predicted molar refractivity (Wildman–Crippen MR) is 104 cm³/mol. The van der Waals surface area contributed by atoms with Crippen LogP contribution in [0, 0.1) is 0 Å². The van der Waals surface area contributed by atoms with Crippen molar-refractivity contribution in [1.82, 2.24) is 4.90 Å². The molecule has 0 bridgehead atoms. The van der Waals surface area contributed by atoms with Crippen LogP contribution in [0.1, 0.15) is 31.2 Å². The van der Waals surface area contributed by atoms with Crippen molar-refractivity contribution in [3.63, 3.8) is 0 Å². The number of anilines is 1. The van der Waals surface area contributed by atoms with Gasteiger partial charge >= 0.3 is 0 Å². The van der Waals surface area contributed by atoms with Crippen molar-refractivity contribution in [2.24, 2.45) is 0 Å². The zero-order valence-corrected chi connectivity index (χ0v) is 15.3. The Morgan fingerprint density at radius 2 is 1.96 bits per heavy atom. The molecule has 4 nitrogen and oxygen atoms in total. The summed E-state index contributed by atoms with van der Waals surface area (Å²) in [5.74, 6) is 1.06. The minimum Gasteiger partial charge on any atom is -0.459 e. The van der Waals surface area contributed by atoms with Crippen molar-refractivity contribution >= 4 is 22.6 Å². The van der Waals surface area contributed by atoms with Gasteiger partial charge in [0, 0.05) is 17.6 Å². The Morgan fingerprint density at radius 3 is 2.77 bits per heavy atom. The van der Waals surface area contributed by atoms with Gasteiger partial charge in [0.15, 0.2) is 0 Å². The van der Waals surface area contributed by atoms with Gasteiger partial charge in [-0.25, -0.2) is 0 Å². The number of nitrogens with zero attached hydrogens (tertiary/aromatic N) is 2. The van der Waals surface area contributed by atoms with Crippen LogP contribution in [0.4, 0.5) is 5.69 Å². The largest absolute Gasteiger partial charge is 0.459 e. The summed E-state index contributed by atoms with van der Waals surface area (Å²) in [4.78, 5) is 17.0. The van der Waals surface area contributed by atoms with E-state index in [1.54, 1.807) is 0 Å². The molecule has 1 unspecified atom stereocenters. The molecular weight excluding hydrogens is 324 g/mol. The molecule has 0 fully saturated rings. The van der Waals surface area contributed by atoms with E-state index >= 15 is 0 Å². The summed E-state index contributed by atoms with van der Waals surface area (Å²) in [5.41, 5.74) is 3.21. The molecule has 0 saturated carbocycles. The monoisotopic (exact) mass is 348 g/mol. The third kappa shape index (κ3) is 3.01. The van der Waals surface area contributed by atoms with Crippen LogP contribution in [0.5, 0.6) is 0 Å². The van der Waals surface area contributed by atoms with Crippen LogP contribution in [0.2, 0.25) is 0 Å². The highest BCUT2D eigenvalue weighted by molar-refractivity contribution is 5.96. The Labute approximate surface area is 154 Å². The zero-order valence-electron chi connectivity index (χ0n) is 15.3. The molecule has 4 heteroatoms. The van der Waals surface area contributed by atoms with Gasteiger partial charge in [-0.15, -0.1) is 0 Å². The summed E-state index contributed by atoms with van der Waals surface area (Å²) in [6.45, 7) is 6.15. The normalized spacial score (nSPS) is 14.8. The molecule has 0 aliphatic carbocycles. The molecule has 26 heavy (non-hydrogen) atoms. The Kier molecular flexibility index (Phi) is 4.51. The van der Waals surface area contributed by atoms with Crippen molar-refractivity contribution < 1.29 is 9.21 Å². The molecule has 4 rings (SSSR count). The predicted octanol–water partition coefficient (Wildman–Crippen LogP) is 4.41. The van der Waals surface area contributed by atoms with Crippen LogP contribution >= 0.6 is 0 Å². The van der Waals surface area contributed by atoms with Gasteiger partial charge in [0.1, 0.15) is 11.3 Å². The first-order chi connectivity index (χ1) is 12.7. The average Bonchev–Trinajstić information content (AvgIpc) is 3.29. The topological polar surface area (TPSA) is 36.7 Å². The average molecular weight is 348 g/mol. The summed E-state index contributed by atoms with van der Waals surface area (Å²) in [6.07, 6.45) is 0.938. The molecule has 0 radical (unpaired) electrons. The van der Waals surface area contributed by atoms with E-state index in [9.17, 15) is 4.79 Å². The second-order valence-electron chi connectivity index (χ2n) is 6.85. The van der Waals surface area contributed by atoms with Gasteiger partial charge in [-0.05, 0) is 43.7 Å². The van der Waals surface area contributed by atoms with E-state index < -0.39 is 0 Å². The fraction of sp³-hybridized carbons (Fsp3) is 0.318. The maximum atomic E-state index is 12.9. The van der Waals surface area contributed by atoms with Crippen molar-refractivity contribution in [2.75, 3.05) is 24.5 Å². The number of likely N-dealkylation sites (N-methyl/N-ethyl adjacent to an activating group) is 1. The zero-order chi connectivity index (χ0) is 18.1. The van der Waals surface area contributed by atoms with Crippen LogP contribution in [0.3, 0.4) is 0 Å². The molecule has 0 N–H and O–H groups in total. The maximum absolute atomic E-state index is 12.9. The lowest BCUT2D eigenvalue weighted by molar-refractivity contribution is -0.120. The van der Waals surface area contributed by atoms with Crippen LogP contribution in [0.25, 0.3) is 11.0 Å². The number of carbonyl (C=O) groups is 1. The molecule has 134 valence electrons. The quantitative estimate of drug-likeness (QED) is 0.685. The van der Waals surface area contributed by atoms with Crippen molar-refractivity contribution in [3.8, 4) is 0 Å². The summed E-state index contributed by atoms with van der Waals surface area (Å²) in [5, 5.41) is 1.10. The Balaban J connectivity index is 1.51. The van der Waals surface area contributed by atoms with Crippen LogP contribution in [-0.2, 0) is 11.2 Å². The maximum Gasteiger partial charge on any atom is 0.241 e.